The molecule has 1 aliphatic carbocycles. The van der Waals surface area contributed by atoms with Crippen LogP contribution in [0.25, 0.3) is 0 Å². The highest BCUT2D eigenvalue weighted by Gasteiger charge is 2.45. The number of hydrogen-bond acceptors (Lipinski definition) is 4. The van der Waals surface area contributed by atoms with Crippen molar-refractivity contribution < 1.29 is 9.13 Å². The smallest absolute Gasteiger partial charge is 0.188 e. The Morgan fingerprint density at radius 3 is 2.88 bits per heavy atom. The van der Waals surface area contributed by atoms with Crippen molar-refractivity contribution in [1.29, 1.82) is 0 Å². The lowest BCUT2D eigenvalue weighted by molar-refractivity contribution is -0.0880. The molecule has 0 saturated heterocycles. The fourth-order valence-corrected chi connectivity index (χ4v) is 5.27. The molecule has 3 nitrogen and oxygen atoms in total. The standard InChI is InChI=1S/C17H14BrCl2FN2OS/c1-25-16-22-12-6-17(24-7-9(12)15(20)23-16)4-2-3-8-11(19)5-10(18)14(21)13(8)17/h5H,2-4,6-7H2,1H3. The number of rotatable bonds is 1. The van der Waals surface area contributed by atoms with Gasteiger partial charge in [0.05, 0.1) is 16.8 Å². The SMILES string of the molecule is CSc1nc(Cl)c2c(n1)CC1(CCCc3c(Cl)cc(Br)c(F)c31)OC2. The summed E-state index contributed by atoms with van der Waals surface area (Å²) in [4.78, 5) is 8.87. The molecule has 1 aromatic carbocycles. The number of hydrogen-bond donors (Lipinski definition) is 0. The van der Waals surface area contributed by atoms with E-state index in [-0.39, 0.29) is 12.4 Å². The van der Waals surface area contributed by atoms with Gasteiger partial charge in [-0.1, -0.05) is 35.0 Å². The van der Waals surface area contributed by atoms with Gasteiger partial charge in [0.15, 0.2) is 5.16 Å². The first-order valence-electron chi connectivity index (χ1n) is 7.85. The molecule has 25 heavy (non-hydrogen) atoms. The first-order valence-corrected chi connectivity index (χ1v) is 10.6. The lowest BCUT2D eigenvalue weighted by Crippen LogP contribution is -2.41. The summed E-state index contributed by atoms with van der Waals surface area (Å²) in [6, 6.07) is 1.62. The molecule has 2 aromatic rings. The van der Waals surface area contributed by atoms with Crippen molar-refractivity contribution in [3.8, 4) is 0 Å². The Morgan fingerprint density at radius 1 is 1.32 bits per heavy atom. The Balaban J connectivity index is 1.88. The first kappa shape index (κ1) is 18.0. The maximum absolute atomic E-state index is 15.0. The van der Waals surface area contributed by atoms with E-state index in [2.05, 4.69) is 25.9 Å². The molecule has 1 aliphatic heterocycles. The van der Waals surface area contributed by atoms with Crippen molar-refractivity contribution in [3.05, 3.63) is 48.9 Å². The third kappa shape index (κ3) is 2.90. The van der Waals surface area contributed by atoms with E-state index in [0.29, 0.717) is 31.8 Å². The maximum Gasteiger partial charge on any atom is 0.188 e. The molecule has 132 valence electrons. The molecular weight excluding hydrogens is 450 g/mol. The van der Waals surface area contributed by atoms with E-state index in [9.17, 15) is 0 Å². The number of benzene rings is 1. The van der Waals surface area contributed by atoms with Crippen molar-refractivity contribution in [2.75, 3.05) is 6.26 Å². The van der Waals surface area contributed by atoms with Gasteiger partial charge in [0, 0.05) is 22.6 Å². The summed E-state index contributed by atoms with van der Waals surface area (Å²) in [6.07, 6.45) is 4.72. The van der Waals surface area contributed by atoms with Crippen LogP contribution >= 0.6 is 50.9 Å². The van der Waals surface area contributed by atoms with Gasteiger partial charge in [-0.15, -0.1) is 0 Å². The fourth-order valence-electron chi connectivity index (χ4n) is 3.74. The third-order valence-corrected chi connectivity index (χ3v) is 6.66. The number of thioether (sulfide) groups is 1. The molecule has 1 unspecified atom stereocenters. The van der Waals surface area contributed by atoms with E-state index in [0.717, 1.165) is 36.1 Å². The van der Waals surface area contributed by atoms with Crippen LogP contribution < -0.4 is 0 Å². The maximum atomic E-state index is 15.0. The average Bonchev–Trinajstić information content (AvgIpc) is 2.59. The summed E-state index contributed by atoms with van der Waals surface area (Å²) in [7, 11) is 0. The van der Waals surface area contributed by atoms with E-state index in [1.807, 2.05) is 6.26 Å². The minimum atomic E-state index is -0.758. The molecule has 2 aliphatic rings. The van der Waals surface area contributed by atoms with E-state index >= 15 is 4.39 Å². The minimum Gasteiger partial charge on any atom is -0.365 e. The number of aromatic nitrogens is 2. The van der Waals surface area contributed by atoms with Crippen molar-refractivity contribution in [2.24, 2.45) is 0 Å². The van der Waals surface area contributed by atoms with Crippen LogP contribution in [0.1, 0.15) is 35.2 Å². The first-order chi connectivity index (χ1) is 11.9. The number of halogens is 4. The lowest BCUT2D eigenvalue weighted by Gasteiger charge is -2.42. The number of nitrogens with zero attached hydrogens (tertiary/aromatic N) is 2. The summed E-state index contributed by atoms with van der Waals surface area (Å²) in [6.45, 7) is 0.270. The predicted octanol–water partition coefficient (Wildman–Crippen LogP) is 5.71. The minimum absolute atomic E-state index is 0.270. The van der Waals surface area contributed by atoms with Crippen LogP contribution in [-0.2, 0) is 29.8 Å². The van der Waals surface area contributed by atoms with E-state index in [1.54, 1.807) is 6.07 Å². The average molecular weight is 464 g/mol. The Bertz CT molecular complexity index is 882. The third-order valence-electron chi connectivity index (χ3n) is 4.89. The van der Waals surface area contributed by atoms with Crippen molar-refractivity contribution in [3.63, 3.8) is 0 Å². The van der Waals surface area contributed by atoms with E-state index in [1.165, 1.54) is 11.8 Å². The molecule has 0 amide bonds. The molecule has 0 bridgehead atoms. The Labute approximate surface area is 167 Å². The number of ether oxygens (including phenoxy) is 1. The normalized spacial score (nSPS) is 22.0. The van der Waals surface area contributed by atoms with Gasteiger partial charge in [-0.2, -0.15) is 0 Å². The van der Waals surface area contributed by atoms with Crippen LogP contribution in [0.5, 0.6) is 0 Å². The van der Waals surface area contributed by atoms with Crippen LogP contribution in [0.15, 0.2) is 15.7 Å². The topological polar surface area (TPSA) is 35.0 Å². The van der Waals surface area contributed by atoms with Crippen molar-refractivity contribution in [1.82, 2.24) is 9.97 Å². The molecule has 1 aromatic heterocycles. The molecule has 0 N–H and O–H groups in total. The number of fused-ring (bicyclic) bond motifs is 3. The molecule has 8 heteroatoms. The largest absolute Gasteiger partial charge is 0.365 e. The van der Waals surface area contributed by atoms with Gasteiger partial charge in [0.1, 0.15) is 16.6 Å². The second kappa shape index (κ2) is 6.64. The fraction of sp³-hybridized carbons (Fsp3) is 0.412. The van der Waals surface area contributed by atoms with Gasteiger partial charge in [-0.3, -0.25) is 0 Å². The molecule has 0 saturated carbocycles. The monoisotopic (exact) mass is 462 g/mol. The molecule has 1 atom stereocenters. The molecular formula is C17H14BrCl2FN2OS. The predicted molar refractivity (Wildman–Crippen MR) is 101 cm³/mol. The van der Waals surface area contributed by atoms with Crippen molar-refractivity contribution in [2.45, 2.75) is 43.0 Å². The second-order valence-electron chi connectivity index (χ2n) is 6.25. The van der Waals surface area contributed by atoms with E-state index in [4.69, 9.17) is 27.9 Å². The van der Waals surface area contributed by atoms with Crippen LogP contribution in [0.3, 0.4) is 0 Å². The van der Waals surface area contributed by atoms with Crippen LogP contribution in [0, 0.1) is 5.82 Å². The second-order valence-corrected chi connectivity index (χ2v) is 8.64. The van der Waals surface area contributed by atoms with Gasteiger partial charge in [0.25, 0.3) is 0 Å². The molecule has 0 fully saturated rings. The molecule has 0 radical (unpaired) electrons. The summed E-state index contributed by atoms with van der Waals surface area (Å²) in [5, 5.41) is 1.60. The van der Waals surface area contributed by atoms with Gasteiger partial charge in [-0.25, -0.2) is 14.4 Å². The van der Waals surface area contributed by atoms with Gasteiger partial charge >= 0.3 is 0 Å². The Hall–Kier alpha value is -0.400. The van der Waals surface area contributed by atoms with Gasteiger partial charge in [-0.05, 0) is 53.1 Å². The molecule has 4 rings (SSSR count). The summed E-state index contributed by atoms with van der Waals surface area (Å²) < 4.78 is 21.6. The quantitative estimate of drug-likeness (QED) is 0.235. The van der Waals surface area contributed by atoms with Crippen molar-refractivity contribution >= 4 is 50.9 Å². The Morgan fingerprint density at radius 2 is 2.12 bits per heavy atom. The summed E-state index contributed by atoms with van der Waals surface area (Å²) in [5.74, 6) is -0.298. The summed E-state index contributed by atoms with van der Waals surface area (Å²) in [5.41, 5.74) is 2.26. The zero-order valence-corrected chi connectivity index (χ0v) is 17.3. The lowest BCUT2D eigenvalue weighted by atomic mass is 9.74. The highest BCUT2D eigenvalue weighted by molar-refractivity contribution is 9.10. The van der Waals surface area contributed by atoms with Crippen LogP contribution in [0.4, 0.5) is 4.39 Å². The van der Waals surface area contributed by atoms with Gasteiger partial charge < -0.3 is 4.74 Å². The zero-order chi connectivity index (χ0) is 17.8. The highest BCUT2D eigenvalue weighted by atomic mass is 79.9. The molecule has 1 spiro atoms. The van der Waals surface area contributed by atoms with Crippen LogP contribution in [0.2, 0.25) is 10.2 Å². The van der Waals surface area contributed by atoms with Gasteiger partial charge in [0.2, 0.25) is 0 Å². The Kier molecular flexibility index (Phi) is 4.78. The summed E-state index contributed by atoms with van der Waals surface area (Å²) >= 11 is 17.4. The van der Waals surface area contributed by atoms with Crippen LogP contribution in [-0.4, -0.2) is 16.2 Å². The zero-order valence-electron chi connectivity index (χ0n) is 13.3. The van der Waals surface area contributed by atoms with E-state index < -0.39 is 5.60 Å². The highest BCUT2D eigenvalue weighted by Crippen LogP contribution is 2.49. The molecule has 2 heterocycles.